The number of thiocarbonyl (C=S) groups is 1. The summed E-state index contributed by atoms with van der Waals surface area (Å²) in [5.74, 6) is -0.332. The fourth-order valence-electron chi connectivity index (χ4n) is 3.51. The molecule has 2 atom stereocenters. The van der Waals surface area contributed by atoms with E-state index in [9.17, 15) is 10.1 Å². The lowest BCUT2D eigenvalue weighted by Crippen LogP contribution is -2.35. The van der Waals surface area contributed by atoms with Gasteiger partial charge in [0.15, 0.2) is 5.11 Å². The van der Waals surface area contributed by atoms with Gasteiger partial charge in [0.2, 0.25) is 0 Å². The molecule has 2 aliphatic rings. The topological polar surface area (TPSA) is 73.4 Å². The third-order valence-electron chi connectivity index (χ3n) is 4.60. The van der Waals surface area contributed by atoms with Crippen molar-refractivity contribution in [3.8, 4) is 6.07 Å². The molecule has 1 amide bonds. The summed E-state index contributed by atoms with van der Waals surface area (Å²) < 4.78 is 0. The molecule has 2 aliphatic heterocycles. The number of benzene rings is 2. The van der Waals surface area contributed by atoms with Crippen LogP contribution in [0.15, 0.2) is 72.1 Å². The molecule has 25 heavy (non-hydrogen) atoms. The van der Waals surface area contributed by atoms with Gasteiger partial charge in [0.25, 0.3) is 5.91 Å². The van der Waals surface area contributed by atoms with Crippen molar-refractivity contribution in [2.45, 2.75) is 12.0 Å². The van der Waals surface area contributed by atoms with E-state index in [0.29, 0.717) is 16.4 Å². The number of nitrogens with two attached hydrogens (primary N) is 1. The van der Waals surface area contributed by atoms with Crippen LogP contribution in [0.4, 0.5) is 5.69 Å². The first-order valence-corrected chi connectivity index (χ1v) is 8.23. The van der Waals surface area contributed by atoms with Crippen LogP contribution < -0.4 is 10.6 Å². The average Bonchev–Trinajstić information content (AvgIpc) is 3.09. The van der Waals surface area contributed by atoms with Gasteiger partial charge in [-0.3, -0.25) is 14.6 Å². The number of nitrogens with zero attached hydrogens (tertiary/aromatic N) is 3. The van der Waals surface area contributed by atoms with Crippen LogP contribution in [0.2, 0.25) is 0 Å². The molecule has 0 bridgehead atoms. The lowest BCUT2D eigenvalue weighted by Gasteiger charge is -2.19. The SMILES string of the molecule is N#CC1=C(N)N2C(=S)N(c3ccccc3)C(=O)C2C1c1ccccc1. The Bertz CT molecular complexity index is 933. The number of amides is 1. The molecule has 0 spiro atoms. The lowest BCUT2D eigenvalue weighted by atomic mass is 9.87. The average molecular weight is 346 g/mol. The maximum Gasteiger partial charge on any atom is 0.257 e. The van der Waals surface area contributed by atoms with Gasteiger partial charge in [-0.25, -0.2) is 0 Å². The van der Waals surface area contributed by atoms with Gasteiger partial charge >= 0.3 is 0 Å². The lowest BCUT2D eigenvalue weighted by molar-refractivity contribution is -0.119. The predicted octanol–water partition coefficient (Wildman–Crippen LogP) is 2.48. The molecule has 2 N–H and O–H groups in total. The molecule has 122 valence electrons. The van der Waals surface area contributed by atoms with Gasteiger partial charge in [0.05, 0.1) is 23.2 Å². The fraction of sp³-hybridized carbons (Fsp3) is 0.105. The molecule has 2 aromatic carbocycles. The first-order chi connectivity index (χ1) is 12.1. The van der Waals surface area contributed by atoms with Gasteiger partial charge < -0.3 is 5.73 Å². The van der Waals surface area contributed by atoms with Crippen LogP contribution in [0.25, 0.3) is 0 Å². The highest BCUT2D eigenvalue weighted by Gasteiger charge is 2.54. The Labute approximate surface area is 150 Å². The van der Waals surface area contributed by atoms with E-state index in [0.717, 1.165) is 5.56 Å². The third-order valence-corrected chi connectivity index (χ3v) is 4.98. The minimum atomic E-state index is -0.621. The summed E-state index contributed by atoms with van der Waals surface area (Å²) >= 11 is 5.53. The number of para-hydroxylation sites is 1. The first-order valence-electron chi connectivity index (χ1n) is 7.82. The van der Waals surface area contributed by atoms with Gasteiger partial charge in [-0.2, -0.15) is 5.26 Å². The zero-order chi connectivity index (χ0) is 17.6. The maximum absolute atomic E-state index is 13.2. The Morgan fingerprint density at radius 3 is 2.24 bits per heavy atom. The zero-order valence-electron chi connectivity index (χ0n) is 13.2. The molecular formula is C19H14N4OS. The molecule has 2 heterocycles. The minimum absolute atomic E-state index is 0.168. The number of anilines is 1. The van der Waals surface area contributed by atoms with Crippen molar-refractivity contribution in [3.63, 3.8) is 0 Å². The van der Waals surface area contributed by atoms with Crippen molar-refractivity contribution in [2.75, 3.05) is 4.90 Å². The molecule has 2 aromatic rings. The molecule has 6 heteroatoms. The highest BCUT2D eigenvalue weighted by molar-refractivity contribution is 7.80. The molecular weight excluding hydrogens is 332 g/mol. The number of carbonyl (C=O) groups excluding carboxylic acids is 1. The number of carbonyl (C=O) groups is 1. The summed E-state index contributed by atoms with van der Waals surface area (Å²) in [6, 6.07) is 20.3. The van der Waals surface area contributed by atoms with Gasteiger partial charge in [0.1, 0.15) is 11.9 Å². The molecule has 1 fully saturated rings. The molecule has 1 saturated heterocycles. The van der Waals surface area contributed by atoms with Crippen LogP contribution in [-0.4, -0.2) is 22.0 Å². The monoisotopic (exact) mass is 346 g/mol. The fourth-order valence-corrected chi connectivity index (χ4v) is 3.91. The predicted molar refractivity (Wildman–Crippen MR) is 98.2 cm³/mol. The molecule has 4 rings (SSSR count). The van der Waals surface area contributed by atoms with Crippen molar-refractivity contribution in [1.29, 1.82) is 5.26 Å². The number of hydrogen-bond donors (Lipinski definition) is 1. The van der Waals surface area contributed by atoms with E-state index < -0.39 is 12.0 Å². The molecule has 0 saturated carbocycles. The zero-order valence-corrected chi connectivity index (χ0v) is 14.0. The highest BCUT2D eigenvalue weighted by atomic mass is 32.1. The Balaban J connectivity index is 1.84. The second-order valence-electron chi connectivity index (χ2n) is 5.91. The summed E-state index contributed by atoms with van der Waals surface area (Å²) in [5.41, 5.74) is 8.18. The van der Waals surface area contributed by atoms with E-state index >= 15 is 0 Å². The van der Waals surface area contributed by atoms with Crippen molar-refractivity contribution >= 4 is 28.9 Å². The number of rotatable bonds is 2. The summed E-state index contributed by atoms with van der Waals surface area (Å²) in [4.78, 5) is 16.3. The molecule has 0 aromatic heterocycles. The summed E-state index contributed by atoms with van der Waals surface area (Å²) in [5, 5.41) is 9.91. The molecule has 2 unspecified atom stereocenters. The van der Waals surface area contributed by atoms with Crippen LogP contribution in [0.1, 0.15) is 11.5 Å². The standard InChI is InChI=1S/C19H14N4OS/c20-11-14-15(12-7-3-1-4-8-12)16-18(24)22(13-9-5-2-6-10-13)19(25)23(16)17(14)21/h1-10,15-16H,21H2. The molecule has 0 radical (unpaired) electrons. The molecule has 5 nitrogen and oxygen atoms in total. The van der Waals surface area contributed by atoms with Crippen LogP contribution in [0.5, 0.6) is 0 Å². The summed E-state index contributed by atoms with van der Waals surface area (Å²) in [6.07, 6.45) is 0. The van der Waals surface area contributed by atoms with Gasteiger partial charge in [-0.05, 0) is 29.9 Å². The van der Waals surface area contributed by atoms with E-state index in [2.05, 4.69) is 6.07 Å². The first kappa shape index (κ1) is 15.4. The summed E-state index contributed by atoms with van der Waals surface area (Å²) in [7, 11) is 0. The normalized spacial score (nSPS) is 22.4. The van der Waals surface area contributed by atoms with E-state index in [1.54, 1.807) is 4.90 Å². The van der Waals surface area contributed by atoms with Crippen LogP contribution in [0.3, 0.4) is 0 Å². The van der Waals surface area contributed by atoms with E-state index in [4.69, 9.17) is 18.0 Å². The Kier molecular flexibility index (Phi) is 3.52. The second kappa shape index (κ2) is 5.72. The molecule has 0 aliphatic carbocycles. The quantitative estimate of drug-likeness (QED) is 0.846. The van der Waals surface area contributed by atoms with Crippen molar-refractivity contribution in [2.24, 2.45) is 5.73 Å². The number of nitriles is 1. The summed E-state index contributed by atoms with van der Waals surface area (Å²) in [6.45, 7) is 0. The minimum Gasteiger partial charge on any atom is -0.384 e. The Morgan fingerprint density at radius 2 is 1.64 bits per heavy atom. The van der Waals surface area contributed by atoms with Gasteiger partial charge in [0, 0.05) is 0 Å². The highest BCUT2D eigenvalue weighted by Crippen LogP contribution is 2.44. The second-order valence-corrected chi connectivity index (χ2v) is 6.27. The van der Waals surface area contributed by atoms with Crippen molar-refractivity contribution in [3.05, 3.63) is 77.6 Å². The van der Waals surface area contributed by atoms with Crippen LogP contribution in [0, 0.1) is 11.3 Å². The smallest absolute Gasteiger partial charge is 0.257 e. The largest absolute Gasteiger partial charge is 0.384 e. The van der Waals surface area contributed by atoms with Crippen molar-refractivity contribution in [1.82, 2.24) is 4.90 Å². The number of fused-ring (bicyclic) bond motifs is 1. The van der Waals surface area contributed by atoms with E-state index in [1.165, 1.54) is 4.90 Å². The van der Waals surface area contributed by atoms with Crippen LogP contribution in [-0.2, 0) is 4.79 Å². The van der Waals surface area contributed by atoms with Gasteiger partial charge in [-0.15, -0.1) is 0 Å². The van der Waals surface area contributed by atoms with Crippen molar-refractivity contribution < 1.29 is 4.79 Å². The maximum atomic E-state index is 13.2. The Hall–Kier alpha value is -3.17. The van der Waals surface area contributed by atoms with E-state index in [1.807, 2.05) is 60.7 Å². The number of hydrogen-bond acceptors (Lipinski definition) is 4. The van der Waals surface area contributed by atoms with E-state index in [-0.39, 0.29) is 11.7 Å². The Morgan fingerprint density at radius 1 is 1.04 bits per heavy atom. The van der Waals surface area contributed by atoms with Crippen LogP contribution >= 0.6 is 12.2 Å². The third kappa shape index (κ3) is 2.13. The van der Waals surface area contributed by atoms with Gasteiger partial charge in [-0.1, -0.05) is 48.5 Å².